The minimum atomic E-state index is -0.328. The van der Waals surface area contributed by atoms with Gasteiger partial charge in [-0.1, -0.05) is 45.0 Å². The molecule has 0 spiro atoms. The van der Waals surface area contributed by atoms with Crippen molar-refractivity contribution in [1.29, 1.82) is 0 Å². The zero-order chi connectivity index (χ0) is 18.0. The summed E-state index contributed by atoms with van der Waals surface area (Å²) in [6.45, 7) is 5.99. The van der Waals surface area contributed by atoms with E-state index in [4.69, 9.17) is 9.47 Å². The molecule has 25 heavy (non-hydrogen) atoms. The lowest BCUT2D eigenvalue weighted by molar-refractivity contribution is -0.134. The summed E-state index contributed by atoms with van der Waals surface area (Å²) < 4.78 is 10.8. The van der Waals surface area contributed by atoms with Crippen molar-refractivity contribution in [3.63, 3.8) is 0 Å². The van der Waals surface area contributed by atoms with Gasteiger partial charge in [0.05, 0.1) is 5.56 Å². The molecule has 0 amide bonds. The van der Waals surface area contributed by atoms with Crippen molar-refractivity contribution < 1.29 is 19.1 Å². The van der Waals surface area contributed by atoms with Gasteiger partial charge in [0.2, 0.25) is 5.78 Å². The molecule has 0 saturated heterocycles. The number of Topliss-reactive ketones (excluding diaryl/α,β-unsaturated/α-hetero) is 1. The summed E-state index contributed by atoms with van der Waals surface area (Å²) in [6.07, 6.45) is 2.01. The first-order valence-corrected chi connectivity index (χ1v) is 8.37. The molecule has 0 bridgehead atoms. The van der Waals surface area contributed by atoms with Crippen molar-refractivity contribution in [1.82, 2.24) is 0 Å². The van der Waals surface area contributed by atoms with Gasteiger partial charge in [-0.2, -0.15) is 0 Å². The van der Waals surface area contributed by atoms with Gasteiger partial charge in [-0.25, -0.2) is 0 Å². The van der Waals surface area contributed by atoms with Crippen LogP contribution in [0.25, 0.3) is 6.08 Å². The van der Waals surface area contributed by atoms with Crippen molar-refractivity contribution in [2.75, 3.05) is 0 Å². The van der Waals surface area contributed by atoms with E-state index in [9.17, 15) is 9.59 Å². The maximum absolute atomic E-state index is 12.5. The Balaban J connectivity index is 1.83. The molecule has 0 aromatic heterocycles. The van der Waals surface area contributed by atoms with Crippen LogP contribution in [0.5, 0.6) is 11.5 Å². The van der Waals surface area contributed by atoms with Gasteiger partial charge in [-0.3, -0.25) is 9.59 Å². The second-order valence-corrected chi connectivity index (χ2v) is 6.25. The zero-order valence-corrected chi connectivity index (χ0v) is 14.5. The van der Waals surface area contributed by atoms with Crippen LogP contribution in [0.15, 0.2) is 48.2 Å². The highest BCUT2D eigenvalue weighted by molar-refractivity contribution is 6.14. The Bertz CT molecular complexity index is 845. The molecule has 4 nitrogen and oxygen atoms in total. The van der Waals surface area contributed by atoms with Gasteiger partial charge in [0.25, 0.3) is 0 Å². The second-order valence-electron chi connectivity index (χ2n) is 6.25. The molecule has 0 unspecified atom stereocenters. The third kappa shape index (κ3) is 3.63. The number of ketones is 1. The van der Waals surface area contributed by atoms with Crippen LogP contribution in [0.1, 0.15) is 54.6 Å². The third-order valence-corrected chi connectivity index (χ3v) is 4.06. The van der Waals surface area contributed by atoms with E-state index in [1.54, 1.807) is 31.2 Å². The molecule has 3 rings (SSSR count). The van der Waals surface area contributed by atoms with Crippen molar-refractivity contribution in [3.8, 4) is 11.5 Å². The Labute approximate surface area is 147 Å². The lowest BCUT2D eigenvalue weighted by Gasteiger charge is -2.05. The van der Waals surface area contributed by atoms with Crippen molar-refractivity contribution in [2.45, 2.75) is 33.1 Å². The van der Waals surface area contributed by atoms with Crippen LogP contribution in [-0.4, -0.2) is 11.8 Å². The maximum atomic E-state index is 12.5. The van der Waals surface area contributed by atoms with Gasteiger partial charge < -0.3 is 9.47 Å². The molecule has 0 atom stereocenters. The number of esters is 1. The summed E-state index contributed by atoms with van der Waals surface area (Å²) in [5, 5.41) is 0. The Morgan fingerprint density at radius 2 is 1.88 bits per heavy atom. The maximum Gasteiger partial charge on any atom is 0.310 e. The number of hydrogen-bond donors (Lipinski definition) is 0. The first-order chi connectivity index (χ1) is 12.0. The average Bonchev–Trinajstić information content (AvgIpc) is 2.90. The van der Waals surface area contributed by atoms with E-state index in [0.717, 1.165) is 5.56 Å². The van der Waals surface area contributed by atoms with Crippen LogP contribution in [-0.2, 0) is 4.79 Å². The van der Waals surface area contributed by atoms with Crippen molar-refractivity contribution in [2.24, 2.45) is 0 Å². The molecule has 1 heterocycles. The van der Waals surface area contributed by atoms with Crippen LogP contribution >= 0.6 is 0 Å². The lowest BCUT2D eigenvalue weighted by atomic mass is 10.0. The van der Waals surface area contributed by atoms with Gasteiger partial charge in [-0.05, 0) is 35.3 Å². The molecule has 0 radical (unpaired) electrons. The fraction of sp³-hybridized carbons (Fsp3) is 0.238. The van der Waals surface area contributed by atoms with Crippen LogP contribution in [0.3, 0.4) is 0 Å². The third-order valence-electron chi connectivity index (χ3n) is 4.06. The van der Waals surface area contributed by atoms with Crippen LogP contribution < -0.4 is 9.47 Å². The molecule has 0 fully saturated rings. The molecule has 4 heteroatoms. The van der Waals surface area contributed by atoms with E-state index >= 15 is 0 Å². The second kappa shape index (κ2) is 6.93. The predicted molar refractivity (Wildman–Crippen MR) is 95.8 cm³/mol. The van der Waals surface area contributed by atoms with E-state index in [0.29, 0.717) is 23.0 Å². The molecule has 2 aromatic rings. The first kappa shape index (κ1) is 17.0. The van der Waals surface area contributed by atoms with Gasteiger partial charge in [0, 0.05) is 12.5 Å². The molecule has 0 aliphatic carbocycles. The minimum Gasteiger partial charge on any atom is -0.452 e. The number of fused-ring (bicyclic) bond motifs is 1. The number of hydrogen-bond acceptors (Lipinski definition) is 4. The number of ether oxygens (including phenoxy) is 2. The predicted octanol–water partition coefficient (Wildman–Crippen LogP) is 4.74. The topological polar surface area (TPSA) is 52.6 Å². The largest absolute Gasteiger partial charge is 0.452 e. The average molecular weight is 336 g/mol. The Morgan fingerprint density at radius 1 is 1.16 bits per heavy atom. The number of carbonyl (C=O) groups excluding carboxylic acids is 2. The van der Waals surface area contributed by atoms with Crippen LogP contribution in [0, 0.1) is 0 Å². The number of benzene rings is 2. The molecule has 0 N–H and O–H groups in total. The molecule has 0 saturated carbocycles. The minimum absolute atomic E-state index is 0.170. The Morgan fingerprint density at radius 3 is 2.52 bits per heavy atom. The van der Waals surface area contributed by atoms with E-state index < -0.39 is 0 Å². The zero-order valence-electron chi connectivity index (χ0n) is 14.5. The highest BCUT2D eigenvalue weighted by Gasteiger charge is 2.27. The van der Waals surface area contributed by atoms with Crippen molar-refractivity contribution >= 4 is 17.8 Å². The Hall–Kier alpha value is -2.88. The molecular weight excluding hydrogens is 316 g/mol. The highest BCUT2D eigenvalue weighted by atomic mass is 16.5. The number of allylic oxidation sites excluding steroid dienone is 1. The van der Waals surface area contributed by atoms with Gasteiger partial charge in [0.15, 0.2) is 5.76 Å². The van der Waals surface area contributed by atoms with E-state index in [-0.39, 0.29) is 23.9 Å². The van der Waals surface area contributed by atoms with E-state index in [1.807, 2.05) is 24.3 Å². The van der Waals surface area contributed by atoms with Crippen LogP contribution in [0.2, 0.25) is 0 Å². The SMILES string of the molecule is CCC(=O)Oc1ccc2c(c1)OC(=Cc1ccc(C(C)C)cc1)C2=O. The summed E-state index contributed by atoms with van der Waals surface area (Å²) in [6, 6.07) is 12.8. The fourth-order valence-corrected chi connectivity index (χ4v) is 2.56. The summed E-state index contributed by atoms with van der Waals surface area (Å²) in [5.74, 6) is 1.02. The highest BCUT2D eigenvalue weighted by Crippen LogP contribution is 2.35. The molecule has 2 aromatic carbocycles. The van der Waals surface area contributed by atoms with Gasteiger partial charge in [-0.15, -0.1) is 0 Å². The Kier molecular flexibility index (Phi) is 4.70. The quantitative estimate of drug-likeness (QED) is 0.460. The van der Waals surface area contributed by atoms with E-state index in [2.05, 4.69) is 13.8 Å². The van der Waals surface area contributed by atoms with Crippen LogP contribution in [0.4, 0.5) is 0 Å². The smallest absolute Gasteiger partial charge is 0.310 e. The summed E-state index contributed by atoms with van der Waals surface area (Å²) in [5.41, 5.74) is 2.62. The molecule has 128 valence electrons. The van der Waals surface area contributed by atoms with Gasteiger partial charge in [0.1, 0.15) is 11.5 Å². The lowest BCUT2D eigenvalue weighted by Crippen LogP contribution is -2.05. The molecule has 1 aliphatic heterocycles. The first-order valence-electron chi connectivity index (χ1n) is 8.37. The standard InChI is InChI=1S/C21H20O4/c1-4-20(22)24-16-9-10-17-18(12-16)25-19(21(17)23)11-14-5-7-15(8-6-14)13(2)3/h5-13H,4H2,1-3H3. The molecular formula is C21H20O4. The summed E-state index contributed by atoms with van der Waals surface area (Å²) in [7, 11) is 0. The van der Waals surface area contributed by atoms with Gasteiger partial charge >= 0.3 is 5.97 Å². The number of rotatable bonds is 4. The monoisotopic (exact) mass is 336 g/mol. The molecule has 1 aliphatic rings. The summed E-state index contributed by atoms with van der Waals surface area (Å²) in [4.78, 5) is 23.9. The number of carbonyl (C=O) groups is 2. The fourth-order valence-electron chi connectivity index (χ4n) is 2.56. The summed E-state index contributed by atoms with van der Waals surface area (Å²) >= 11 is 0. The normalized spacial score (nSPS) is 14.6. The van der Waals surface area contributed by atoms with Crippen molar-refractivity contribution in [3.05, 3.63) is 64.9 Å². The van der Waals surface area contributed by atoms with E-state index in [1.165, 1.54) is 5.56 Å².